The quantitative estimate of drug-likeness (QED) is 0.583. The van der Waals surface area contributed by atoms with E-state index in [0.29, 0.717) is 12.0 Å². The van der Waals surface area contributed by atoms with Crippen LogP contribution in [0.5, 0.6) is 11.5 Å². The summed E-state index contributed by atoms with van der Waals surface area (Å²) in [6, 6.07) is 16.9. The summed E-state index contributed by atoms with van der Waals surface area (Å²) in [7, 11) is 1.73. The molecule has 1 aliphatic heterocycles. The molecule has 0 aliphatic carbocycles. The van der Waals surface area contributed by atoms with Crippen LogP contribution in [0.2, 0.25) is 0 Å². The Kier molecular flexibility index (Phi) is 9.19. The van der Waals surface area contributed by atoms with Crippen molar-refractivity contribution < 1.29 is 9.47 Å². The van der Waals surface area contributed by atoms with Gasteiger partial charge in [-0.2, -0.15) is 0 Å². The molecule has 0 spiro atoms. The number of halogens is 1. The fourth-order valence-corrected chi connectivity index (χ4v) is 4.72. The van der Waals surface area contributed by atoms with Crippen LogP contribution in [-0.4, -0.2) is 37.8 Å². The van der Waals surface area contributed by atoms with E-state index in [2.05, 4.69) is 42.6 Å². The Balaban J connectivity index is 0.00000243. The minimum absolute atomic E-state index is 0. The Labute approximate surface area is 175 Å². The average Bonchev–Trinajstić information content (AvgIpc) is 2.87. The molecule has 0 amide bonds. The van der Waals surface area contributed by atoms with Gasteiger partial charge in [-0.1, -0.05) is 31.2 Å². The lowest BCUT2D eigenvalue weighted by Crippen LogP contribution is -2.39. The van der Waals surface area contributed by atoms with Crippen molar-refractivity contribution in [3.63, 3.8) is 0 Å². The van der Waals surface area contributed by atoms with E-state index in [0.717, 1.165) is 36.2 Å². The number of fused-ring (bicyclic) bond motifs is 1. The zero-order chi connectivity index (χ0) is 17.5. The number of thioether (sulfide) groups is 2. The van der Waals surface area contributed by atoms with E-state index in [9.17, 15) is 0 Å². The van der Waals surface area contributed by atoms with Crippen molar-refractivity contribution in [2.75, 3.05) is 31.8 Å². The van der Waals surface area contributed by atoms with Crippen LogP contribution in [-0.2, 0) is 0 Å². The SMILES string of the molecule is Br.COc1ccccc1SC[C@@H](C)CN[C@H]1COc2ccccc2SC1. The maximum Gasteiger partial charge on any atom is 0.132 e. The maximum atomic E-state index is 5.95. The van der Waals surface area contributed by atoms with Crippen LogP contribution < -0.4 is 14.8 Å². The van der Waals surface area contributed by atoms with Crippen LogP contribution in [0.4, 0.5) is 0 Å². The molecule has 2 aromatic rings. The molecule has 142 valence electrons. The van der Waals surface area contributed by atoms with E-state index in [-0.39, 0.29) is 17.0 Å². The summed E-state index contributed by atoms with van der Waals surface area (Å²) in [5.74, 6) is 4.65. The van der Waals surface area contributed by atoms with E-state index in [1.54, 1.807) is 7.11 Å². The fourth-order valence-electron chi connectivity index (χ4n) is 2.63. The normalized spacial score (nSPS) is 17.2. The third-order valence-corrected chi connectivity index (χ3v) is 6.68. The molecule has 1 N–H and O–H groups in total. The maximum absolute atomic E-state index is 5.95. The van der Waals surface area contributed by atoms with Gasteiger partial charge in [0.2, 0.25) is 0 Å². The second-order valence-corrected chi connectivity index (χ2v) is 8.36. The number of methoxy groups -OCH3 is 1. The van der Waals surface area contributed by atoms with Gasteiger partial charge in [-0.25, -0.2) is 0 Å². The first-order chi connectivity index (χ1) is 12.3. The van der Waals surface area contributed by atoms with Gasteiger partial charge in [0.05, 0.1) is 13.2 Å². The third-order valence-electron chi connectivity index (χ3n) is 4.08. The smallest absolute Gasteiger partial charge is 0.132 e. The molecule has 6 heteroatoms. The lowest BCUT2D eigenvalue weighted by Gasteiger charge is -2.19. The van der Waals surface area contributed by atoms with Gasteiger partial charge in [-0.05, 0) is 36.7 Å². The van der Waals surface area contributed by atoms with E-state index >= 15 is 0 Å². The van der Waals surface area contributed by atoms with Crippen molar-refractivity contribution in [1.82, 2.24) is 5.32 Å². The van der Waals surface area contributed by atoms with Crippen LogP contribution in [0, 0.1) is 5.92 Å². The number of benzene rings is 2. The van der Waals surface area contributed by atoms with Gasteiger partial charge in [0.15, 0.2) is 0 Å². The van der Waals surface area contributed by atoms with Gasteiger partial charge in [0.1, 0.15) is 18.1 Å². The second-order valence-electron chi connectivity index (χ2n) is 6.24. The summed E-state index contributed by atoms with van der Waals surface area (Å²) in [5, 5.41) is 3.67. The molecule has 0 saturated heterocycles. The predicted molar refractivity (Wildman–Crippen MR) is 118 cm³/mol. The summed E-state index contributed by atoms with van der Waals surface area (Å²) in [6.07, 6.45) is 0. The molecule has 0 fully saturated rings. The molecule has 2 atom stereocenters. The van der Waals surface area contributed by atoms with Crippen LogP contribution >= 0.6 is 40.5 Å². The second kappa shape index (κ2) is 11.1. The van der Waals surface area contributed by atoms with Crippen molar-refractivity contribution in [3.05, 3.63) is 48.5 Å². The number of nitrogens with one attached hydrogen (secondary N) is 1. The summed E-state index contributed by atoms with van der Waals surface area (Å²) in [5.41, 5.74) is 0. The molecule has 1 aliphatic rings. The molecule has 0 bridgehead atoms. The Morgan fingerprint density at radius 1 is 1.23 bits per heavy atom. The first kappa shape index (κ1) is 21.5. The molecule has 3 rings (SSSR count). The van der Waals surface area contributed by atoms with Gasteiger partial charge in [-0.3, -0.25) is 0 Å². The third kappa shape index (κ3) is 6.12. The Hall–Kier alpha value is -0.820. The summed E-state index contributed by atoms with van der Waals surface area (Å²) < 4.78 is 11.4. The molecular weight excluding hydrogens is 430 g/mol. The van der Waals surface area contributed by atoms with Crippen molar-refractivity contribution in [3.8, 4) is 11.5 Å². The van der Waals surface area contributed by atoms with E-state index in [1.807, 2.05) is 41.7 Å². The Morgan fingerprint density at radius 3 is 2.85 bits per heavy atom. The standard InChI is InChI=1S/C20H25NO2S2.BrH/c1-15(13-24-19-9-5-3-7-17(19)22-2)11-21-16-12-23-18-8-4-6-10-20(18)25-14-16;/h3-10,15-16,21H,11-14H2,1-2H3;1H/t15-,16-;/m0./s1. The van der Waals surface area contributed by atoms with Crippen molar-refractivity contribution in [2.24, 2.45) is 5.92 Å². The van der Waals surface area contributed by atoms with Gasteiger partial charge < -0.3 is 14.8 Å². The first-order valence-corrected chi connectivity index (χ1v) is 10.6. The molecule has 0 unspecified atom stereocenters. The van der Waals surface area contributed by atoms with Crippen molar-refractivity contribution in [1.29, 1.82) is 0 Å². The molecule has 0 radical (unpaired) electrons. The number of hydrogen-bond acceptors (Lipinski definition) is 5. The van der Waals surface area contributed by atoms with Crippen molar-refractivity contribution in [2.45, 2.75) is 22.8 Å². The van der Waals surface area contributed by atoms with Crippen LogP contribution in [0.3, 0.4) is 0 Å². The number of para-hydroxylation sites is 2. The largest absolute Gasteiger partial charge is 0.496 e. The zero-order valence-corrected chi connectivity index (χ0v) is 18.5. The highest BCUT2D eigenvalue weighted by Crippen LogP contribution is 2.32. The molecule has 0 aromatic heterocycles. The van der Waals surface area contributed by atoms with Crippen LogP contribution in [0.15, 0.2) is 58.3 Å². The van der Waals surface area contributed by atoms with Crippen molar-refractivity contribution >= 4 is 40.5 Å². The highest BCUT2D eigenvalue weighted by Gasteiger charge is 2.17. The monoisotopic (exact) mass is 455 g/mol. The van der Waals surface area contributed by atoms with Crippen LogP contribution in [0.1, 0.15) is 6.92 Å². The fraction of sp³-hybridized carbons (Fsp3) is 0.400. The van der Waals surface area contributed by atoms with Gasteiger partial charge in [0.25, 0.3) is 0 Å². The highest BCUT2D eigenvalue weighted by molar-refractivity contribution is 8.93. The minimum atomic E-state index is 0. The highest BCUT2D eigenvalue weighted by atomic mass is 79.9. The van der Waals surface area contributed by atoms with Gasteiger partial charge in [-0.15, -0.1) is 40.5 Å². The topological polar surface area (TPSA) is 30.5 Å². The minimum Gasteiger partial charge on any atom is -0.496 e. The lowest BCUT2D eigenvalue weighted by atomic mass is 10.2. The summed E-state index contributed by atoms with van der Waals surface area (Å²) >= 11 is 3.73. The molecule has 1 heterocycles. The molecule has 3 nitrogen and oxygen atoms in total. The molecular formula is C20H26BrNO2S2. The average molecular weight is 456 g/mol. The lowest BCUT2D eigenvalue weighted by molar-refractivity contribution is 0.270. The van der Waals surface area contributed by atoms with E-state index in [1.165, 1.54) is 9.79 Å². The van der Waals surface area contributed by atoms with Gasteiger partial charge >= 0.3 is 0 Å². The molecule has 0 saturated carbocycles. The van der Waals surface area contributed by atoms with E-state index < -0.39 is 0 Å². The Bertz CT molecular complexity index is 659. The van der Waals surface area contributed by atoms with E-state index in [4.69, 9.17) is 9.47 Å². The van der Waals surface area contributed by atoms with Gasteiger partial charge in [0, 0.05) is 21.3 Å². The summed E-state index contributed by atoms with van der Waals surface area (Å²) in [4.78, 5) is 2.45. The van der Waals surface area contributed by atoms with Crippen LogP contribution in [0.25, 0.3) is 0 Å². The zero-order valence-electron chi connectivity index (χ0n) is 15.1. The summed E-state index contributed by atoms with van der Waals surface area (Å²) in [6.45, 7) is 4.01. The number of rotatable bonds is 7. The number of hydrogen-bond donors (Lipinski definition) is 1. The Morgan fingerprint density at radius 2 is 2.00 bits per heavy atom. The number of ether oxygens (including phenoxy) is 2. The molecule has 2 aromatic carbocycles. The first-order valence-electron chi connectivity index (χ1n) is 8.60. The molecule has 26 heavy (non-hydrogen) atoms. The predicted octanol–water partition coefficient (Wildman–Crippen LogP) is 5.14.